The summed E-state index contributed by atoms with van der Waals surface area (Å²) in [7, 11) is 1.27. The Hall–Kier alpha value is -2.82. The van der Waals surface area contributed by atoms with Crippen molar-refractivity contribution in [2.45, 2.75) is 5.72 Å². The van der Waals surface area contributed by atoms with Gasteiger partial charge in [0.2, 0.25) is 0 Å². The lowest BCUT2D eigenvalue weighted by molar-refractivity contribution is -0.150. The lowest BCUT2D eigenvalue weighted by Gasteiger charge is -2.15. The summed E-state index contributed by atoms with van der Waals surface area (Å²) >= 11 is 0. The summed E-state index contributed by atoms with van der Waals surface area (Å²) in [6.07, 6.45) is 0. The Morgan fingerprint density at radius 3 is 2.43 bits per heavy atom. The van der Waals surface area contributed by atoms with E-state index in [0.717, 1.165) is 0 Å². The zero-order valence-corrected chi connectivity index (χ0v) is 11.3. The summed E-state index contributed by atoms with van der Waals surface area (Å²) in [5.74, 6) is -0.0830. The first-order valence-corrected chi connectivity index (χ1v) is 6.38. The number of para-hydroxylation sites is 2. The first kappa shape index (κ1) is 13.2. The third-order valence-corrected chi connectivity index (χ3v) is 3.17. The van der Waals surface area contributed by atoms with Gasteiger partial charge in [0.05, 0.1) is 7.11 Å². The van der Waals surface area contributed by atoms with Gasteiger partial charge < -0.3 is 14.6 Å². The molecule has 2 aromatic rings. The van der Waals surface area contributed by atoms with E-state index in [0.29, 0.717) is 17.0 Å². The van der Waals surface area contributed by atoms with Crippen molar-refractivity contribution >= 4 is 11.7 Å². The number of ether oxygens (including phenoxy) is 2. The van der Waals surface area contributed by atoms with Gasteiger partial charge in [-0.15, -0.1) is 0 Å². The third kappa shape index (κ3) is 2.23. The van der Waals surface area contributed by atoms with Gasteiger partial charge in [0.15, 0.2) is 0 Å². The summed E-state index contributed by atoms with van der Waals surface area (Å²) in [6, 6.07) is 15.5. The Morgan fingerprint density at radius 2 is 1.76 bits per heavy atom. The number of methoxy groups -OCH3 is 1. The molecule has 3 rings (SSSR count). The van der Waals surface area contributed by atoms with Crippen molar-refractivity contribution in [2.24, 2.45) is 4.99 Å². The lowest BCUT2D eigenvalue weighted by atomic mass is 10.1. The van der Waals surface area contributed by atoms with Crippen LogP contribution in [0.5, 0.6) is 11.5 Å². The standard InChI is InChI=1S/C16H13NO4/c1-20-15(19)16(21-11-7-3-2-4-8-11)14(17-16)12-9-5-6-10-13(12)18/h2-10,18H,1H3. The molecule has 5 nitrogen and oxygen atoms in total. The minimum atomic E-state index is -1.51. The van der Waals surface area contributed by atoms with Gasteiger partial charge >= 0.3 is 11.7 Å². The van der Waals surface area contributed by atoms with E-state index in [-0.39, 0.29) is 5.75 Å². The van der Waals surface area contributed by atoms with Crippen LogP contribution >= 0.6 is 0 Å². The fourth-order valence-electron chi connectivity index (χ4n) is 2.10. The summed E-state index contributed by atoms with van der Waals surface area (Å²) in [5, 5.41) is 9.89. The highest BCUT2D eigenvalue weighted by Crippen LogP contribution is 2.38. The van der Waals surface area contributed by atoms with Gasteiger partial charge in [0.25, 0.3) is 0 Å². The summed E-state index contributed by atoms with van der Waals surface area (Å²) in [6.45, 7) is 0. The van der Waals surface area contributed by atoms with E-state index in [1.165, 1.54) is 13.2 Å². The number of carbonyl (C=O) groups excluding carboxylic acids is 1. The van der Waals surface area contributed by atoms with Crippen LogP contribution < -0.4 is 4.74 Å². The van der Waals surface area contributed by atoms with Gasteiger partial charge in [0.1, 0.15) is 17.2 Å². The SMILES string of the molecule is COC(=O)C1(Oc2ccccc2)N=C1c1ccccc1O. The zero-order chi connectivity index (χ0) is 14.9. The maximum Gasteiger partial charge on any atom is 0.381 e. The molecule has 0 saturated heterocycles. The number of nitrogens with zero attached hydrogens (tertiary/aromatic N) is 1. The third-order valence-electron chi connectivity index (χ3n) is 3.17. The van der Waals surface area contributed by atoms with Gasteiger partial charge in [-0.2, -0.15) is 0 Å². The molecule has 1 aliphatic rings. The average Bonchev–Trinajstić information content (AvgIpc) is 3.23. The van der Waals surface area contributed by atoms with Crippen molar-refractivity contribution in [1.82, 2.24) is 0 Å². The fraction of sp³-hybridized carbons (Fsp3) is 0.125. The number of phenolic OH excluding ortho intramolecular Hbond substituents is 1. The van der Waals surface area contributed by atoms with E-state index in [1.54, 1.807) is 42.5 Å². The Bertz CT molecular complexity index is 711. The van der Waals surface area contributed by atoms with Crippen molar-refractivity contribution in [3.8, 4) is 11.5 Å². The van der Waals surface area contributed by atoms with Crippen LogP contribution in [0.1, 0.15) is 5.56 Å². The molecule has 1 N–H and O–H groups in total. The van der Waals surface area contributed by atoms with Gasteiger partial charge in [-0.05, 0) is 24.3 Å². The molecule has 1 aliphatic heterocycles. The fourth-order valence-corrected chi connectivity index (χ4v) is 2.10. The number of esters is 1. The van der Waals surface area contributed by atoms with E-state index in [4.69, 9.17) is 9.47 Å². The molecular formula is C16H13NO4. The number of rotatable bonds is 4. The minimum absolute atomic E-state index is 0.0405. The Labute approximate surface area is 121 Å². The molecule has 0 radical (unpaired) electrons. The quantitative estimate of drug-likeness (QED) is 0.873. The van der Waals surface area contributed by atoms with Crippen LogP contribution in [0.25, 0.3) is 0 Å². The van der Waals surface area contributed by atoms with E-state index >= 15 is 0 Å². The molecule has 0 aromatic heterocycles. The molecule has 1 heterocycles. The molecule has 0 spiro atoms. The van der Waals surface area contributed by atoms with Crippen LogP contribution in [0.4, 0.5) is 0 Å². The molecule has 0 bridgehead atoms. The lowest BCUT2D eigenvalue weighted by Crippen LogP contribution is -2.38. The van der Waals surface area contributed by atoms with Gasteiger partial charge in [-0.25, -0.2) is 9.79 Å². The number of aromatic hydroxyl groups is 1. The number of carbonyl (C=O) groups is 1. The maximum absolute atomic E-state index is 12.1. The van der Waals surface area contributed by atoms with Crippen molar-refractivity contribution in [3.63, 3.8) is 0 Å². The van der Waals surface area contributed by atoms with Gasteiger partial charge in [-0.3, -0.25) is 0 Å². The summed E-state index contributed by atoms with van der Waals surface area (Å²) in [4.78, 5) is 16.2. The molecule has 21 heavy (non-hydrogen) atoms. The highest BCUT2D eigenvalue weighted by Gasteiger charge is 2.60. The van der Waals surface area contributed by atoms with Crippen LogP contribution in [0.15, 0.2) is 59.6 Å². The summed E-state index contributed by atoms with van der Waals surface area (Å²) in [5.41, 5.74) is -0.690. The van der Waals surface area contributed by atoms with Crippen LogP contribution in [0.3, 0.4) is 0 Å². The first-order chi connectivity index (χ1) is 10.2. The maximum atomic E-state index is 12.1. The molecule has 1 atom stereocenters. The number of aliphatic imine (C=N–C) groups is 1. The van der Waals surface area contributed by atoms with Crippen LogP contribution in [-0.2, 0) is 9.53 Å². The van der Waals surface area contributed by atoms with Gasteiger partial charge in [0, 0.05) is 5.56 Å². The second kappa shape index (κ2) is 4.94. The van der Waals surface area contributed by atoms with Crippen molar-refractivity contribution < 1.29 is 19.4 Å². The number of benzene rings is 2. The predicted octanol–water partition coefficient (Wildman–Crippen LogP) is 2.14. The highest BCUT2D eigenvalue weighted by atomic mass is 16.6. The monoisotopic (exact) mass is 283 g/mol. The van der Waals surface area contributed by atoms with Crippen molar-refractivity contribution in [1.29, 1.82) is 0 Å². The molecule has 0 aliphatic carbocycles. The molecule has 0 fully saturated rings. The summed E-state index contributed by atoms with van der Waals surface area (Å²) < 4.78 is 10.5. The first-order valence-electron chi connectivity index (χ1n) is 6.38. The van der Waals surface area contributed by atoms with Crippen molar-refractivity contribution in [2.75, 3.05) is 7.11 Å². The molecule has 2 aromatic carbocycles. The number of hydrogen-bond acceptors (Lipinski definition) is 5. The van der Waals surface area contributed by atoms with E-state index in [9.17, 15) is 9.90 Å². The second-order valence-electron chi connectivity index (χ2n) is 4.53. The predicted molar refractivity (Wildman–Crippen MR) is 76.5 cm³/mol. The number of hydrogen-bond donors (Lipinski definition) is 1. The largest absolute Gasteiger partial charge is 0.507 e. The molecule has 106 valence electrons. The molecular weight excluding hydrogens is 270 g/mol. The minimum Gasteiger partial charge on any atom is -0.507 e. The normalized spacial score (nSPS) is 19.6. The second-order valence-corrected chi connectivity index (χ2v) is 4.53. The Morgan fingerprint density at radius 1 is 1.10 bits per heavy atom. The average molecular weight is 283 g/mol. The molecule has 0 amide bonds. The zero-order valence-electron chi connectivity index (χ0n) is 11.3. The van der Waals surface area contributed by atoms with Crippen LogP contribution in [-0.4, -0.2) is 29.6 Å². The van der Waals surface area contributed by atoms with E-state index < -0.39 is 11.7 Å². The van der Waals surface area contributed by atoms with E-state index in [1.807, 2.05) is 6.07 Å². The van der Waals surface area contributed by atoms with Crippen LogP contribution in [0, 0.1) is 0 Å². The Kier molecular flexibility index (Phi) is 3.10. The highest BCUT2D eigenvalue weighted by molar-refractivity contribution is 6.28. The number of phenols is 1. The van der Waals surface area contributed by atoms with Crippen LogP contribution in [0.2, 0.25) is 0 Å². The van der Waals surface area contributed by atoms with Crippen molar-refractivity contribution in [3.05, 3.63) is 60.2 Å². The molecule has 0 saturated carbocycles. The van der Waals surface area contributed by atoms with E-state index in [2.05, 4.69) is 4.99 Å². The van der Waals surface area contributed by atoms with Gasteiger partial charge in [-0.1, -0.05) is 30.3 Å². The molecule has 1 unspecified atom stereocenters. The smallest absolute Gasteiger partial charge is 0.381 e. The molecule has 5 heteroatoms. The Balaban J connectivity index is 1.93. The topological polar surface area (TPSA) is 68.1 Å².